The number of H-pyrrole nitrogens is 1. The minimum Gasteiger partial charge on any atom is -0.478 e. The predicted octanol–water partition coefficient (Wildman–Crippen LogP) is 2.61. The van der Waals surface area contributed by atoms with Gasteiger partial charge in [0.15, 0.2) is 0 Å². The third-order valence-corrected chi connectivity index (χ3v) is 2.75. The van der Waals surface area contributed by atoms with Gasteiger partial charge in [-0.15, -0.1) is 0 Å². The first kappa shape index (κ1) is 11.9. The van der Waals surface area contributed by atoms with Gasteiger partial charge in [-0.2, -0.15) is 0 Å². The molecule has 0 atom stereocenters. The van der Waals surface area contributed by atoms with E-state index in [1.807, 2.05) is 20.8 Å². The van der Waals surface area contributed by atoms with Crippen molar-refractivity contribution in [2.75, 3.05) is 0 Å². The summed E-state index contributed by atoms with van der Waals surface area (Å²) in [5.41, 5.74) is 0.874. The van der Waals surface area contributed by atoms with Crippen LogP contribution in [0.4, 0.5) is 0 Å². The molecule has 0 radical (unpaired) electrons. The Kier molecular flexibility index (Phi) is 2.58. The summed E-state index contributed by atoms with van der Waals surface area (Å²) in [6.45, 7) is 5.88. The van der Waals surface area contributed by atoms with E-state index in [9.17, 15) is 9.90 Å². The number of nitrogens with one attached hydrogen (secondary N) is 1. The number of halogens is 1. The van der Waals surface area contributed by atoms with Crippen LogP contribution in [0.5, 0.6) is 0 Å². The van der Waals surface area contributed by atoms with Gasteiger partial charge in [-0.25, -0.2) is 14.8 Å². The first-order chi connectivity index (χ1) is 7.82. The van der Waals surface area contributed by atoms with Crippen molar-refractivity contribution >= 4 is 28.6 Å². The van der Waals surface area contributed by atoms with Gasteiger partial charge in [0.25, 0.3) is 0 Å². The lowest BCUT2D eigenvalue weighted by Gasteiger charge is -2.18. The van der Waals surface area contributed by atoms with Gasteiger partial charge in [-0.1, -0.05) is 32.4 Å². The molecule has 0 unspecified atom stereocenters. The molecule has 0 amide bonds. The van der Waals surface area contributed by atoms with E-state index >= 15 is 0 Å². The van der Waals surface area contributed by atoms with Gasteiger partial charge in [0.1, 0.15) is 22.7 Å². The quantitative estimate of drug-likeness (QED) is 0.819. The van der Waals surface area contributed by atoms with Crippen molar-refractivity contribution in [2.45, 2.75) is 26.2 Å². The summed E-state index contributed by atoms with van der Waals surface area (Å²) in [5, 5.41) is 9.75. The van der Waals surface area contributed by atoms with E-state index in [4.69, 9.17) is 11.6 Å². The van der Waals surface area contributed by atoms with Crippen LogP contribution >= 0.6 is 11.6 Å². The molecule has 0 aliphatic heterocycles. The number of carboxylic acid groups (broad SMARTS) is 1. The Morgan fingerprint density at radius 3 is 2.59 bits per heavy atom. The molecule has 0 spiro atoms. The number of hydrogen-bond acceptors (Lipinski definition) is 3. The molecule has 2 aromatic heterocycles. The zero-order chi connectivity index (χ0) is 12.8. The molecule has 6 heteroatoms. The molecule has 0 aliphatic rings. The van der Waals surface area contributed by atoms with Gasteiger partial charge in [0.2, 0.25) is 0 Å². The fourth-order valence-corrected chi connectivity index (χ4v) is 2.03. The fraction of sp³-hybridized carbons (Fsp3) is 0.364. The van der Waals surface area contributed by atoms with Crippen molar-refractivity contribution in [1.29, 1.82) is 0 Å². The summed E-state index contributed by atoms with van der Waals surface area (Å²) in [5.74, 6) is -1.08. The molecule has 90 valence electrons. The summed E-state index contributed by atoms with van der Waals surface area (Å²) < 4.78 is 0. The van der Waals surface area contributed by atoms with Crippen LogP contribution in [-0.4, -0.2) is 26.0 Å². The van der Waals surface area contributed by atoms with Crippen LogP contribution < -0.4 is 0 Å². The average Bonchev–Trinajstić information content (AvgIpc) is 2.51. The van der Waals surface area contributed by atoms with E-state index in [2.05, 4.69) is 15.0 Å². The molecule has 0 saturated carbocycles. The Balaban J connectivity index is 2.91. The highest BCUT2D eigenvalue weighted by Crippen LogP contribution is 2.32. The number of aromatic nitrogens is 3. The van der Waals surface area contributed by atoms with E-state index in [0.717, 1.165) is 0 Å². The topological polar surface area (TPSA) is 78.9 Å². The molecule has 0 fully saturated rings. The fourth-order valence-electron chi connectivity index (χ4n) is 1.76. The zero-order valence-electron chi connectivity index (χ0n) is 9.71. The first-order valence-corrected chi connectivity index (χ1v) is 5.46. The lowest BCUT2D eigenvalue weighted by molar-refractivity contribution is 0.0699. The average molecular weight is 254 g/mol. The Bertz CT molecular complexity index is 599. The Morgan fingerprint density at radius 2 is 2.06 bits per heavy atom. The summed E-state index contributed by atoms with van der Waals surface area (Å²) in [6, 6.07) is 0. The molecule has 2 N–H and O–H groups in total. The highest BCUT2D eigenvalue weighted by molar-refractivity contribution is 6.34. The third kappa shape index (κ3) is 1.86. The number of aromatic amines is 1. The maximum Gasteiger partial charge on any atom is 0.339 e. The third-order valence-electron chi connectivity index (χ3n) is 2.47. The summed E-state index contributed by atoms with van der Waals surface area (Å²) in [6.07, 6.45) is 1.40. The summed E-state index contributed by atoms with van der Waals surface area (Å²) in [7, 11) is 0. The van der Waals surface area contributed by atoms with Crippen LogP contribution in [0.15, 0.2) is 6.33 Å². The van der Waals surface area contributed by atoms with Gasteiger partial charge in [-0.05, 0) is 0 Å². The molecule has 2 aromatic rings. The molecule has 0 saturated heterocycles. The van der Waals surface area contributed by atoms with Crippen molar-refractivity contribution < 1.29 is 9.90 Å². The largest absolute Gasteiger partial charge is 0.478 e. The van der Waals surface area contributed by atoms with E-state index in [1.54, 1.807) is 0 Å². The molecule has 5 nitrogen and oxygen atoms in total. The van der Waals surface area contributed by atoms with Gasteiger partial charge < -0.3 is 10.1 Å². The number of hydrogen-bond donors (Lipinski definition) is 2. The van der Waals surface area contributed by atoms with Gasteiger partial charge >= 0.3 is 5.97 Å². The van der Waals surface area contributed by atoms with Crippen molar-refractivity contribution in [3.05, 3.63) is 22.7 Å². The van der Waals surface area contributed by atoms with Crippen LogP contribution in [0, 0.1) is 0 Å². The van der Waals surface area contributed by atoms with E-state index in [0.29, 0.717) is 16.7 Å². The number of aromatic carboxylic acids is 1. The molecular formula is C11H12ClN3O2. The molecule has 0 bridgehead atoms. The van der Waals surface area contributed by atoms with Crippen LogP contribution in [0.25, 0.3) is 11.0 Å². The first-order valence-electron chi connectivity index (χ1n) is 5.08. The lowest BCUT2D eigenvalue weighted by atomic mass is 9.89. The Labute approximate surface area is 103 Å². The van der Waals surface area contributed by atoms with Crippen molar-refractivity contribution in [3.63, 3.8) is 0 Å². The maximum atomic E-state index is 11.2. The second kappa shape index (κ2) is 3.70. The number of carboxylic acids is 1. The van der Waals surface area contributed by atoms with Gasteiger partial charge in [-0.3, -0.25) is 0 Å². The predicted molar refractivity (Wildman–Crippen MR) is 64.6 cm³/mol. The summed E-state index contributed by atoms with van der Waals surface area (Å²) in [4.78, 5) is 22.2. The SMILES string of the molecule is CC(C)(C)c1ncnc2[nH]c(Cl)c(C(=O)O)c12. The van der Waals surface area contributed by atoms with E-state index in [-0.39, 0.29) is 16.1 Å². The van der Waals surface area contributed by atoms with Crippen LogP contribution in [-0.2, 0) is 5.41 Å². The molecule has 2 rings (SSSR count). The number of fused-ring (bicyclic) bond motifs is 1. The van der Waals surface area contributed by atoms with Crippen molar-refractivity contribution in [3.8, 4) is 0 Å². The highest BCUT2D eigenvalue weighted by atomic mass is 35.5. The van der Waals surface area contributed by atoms with Gasteiger partial charge in [0, 0.05) is 5.41 Å². The Morgan fingerprint density at radius 1 is 1.41 bits per heavy atom. The summed E-state index contributed by atoms with van der Waals surface area (Å²) >= 11 is 5.88. The second-order valence-electron chi connectivity index (χ2n) is 4.82. The molecular weight excluding hydrogens is 242 g/mol. The van der Waals surface area contributed by atoms with Crippen LogP contribution in [0.2, 0.25) is 5.15 Å². The zero-order valence-corrected chi connectivity index (χ0v) is 10.5. The smallest absolute Gasteiger partial charge is 0.339 e. The molecule has 2 heterocycles. The van der Waals surface area contributed by atoms with Crippen LogP contribution in [0.3, 0.4) is 0 Å². The van der Waals surface area contributed by atoms with Crippen molar-refractivity contribution in [2.24, 2.45) is 0 Å². The number of rotatable bonds is 1. The number of nitrogens with zero attached hydrogens (tertiary/aromatic N) is 2. The van der Waals surface area contributed by atoms with Gasteiger partial charge in [0.05, 0.1) is 11.1 Å². The maximum absolute atomic E-state index is 11.2. The lowest BCUT2D eigenvalue weighted by Crippen LogP contribution is -2.15. The highest BCUT2D eigenvalue weighted by Gasteiger charge is 2.26. The second-order valence-corrected chi connectivity index (χ2v) is 5.19. The monoisotopic (exact) mass is 253 g/mol. The normalized spacial score (nSPS) is 12.0. The van der Waals surface area contributed by atoms with Crippen LogP contribution in [0.1, 0.15) is 36.8 Å². The van der Waals surface area contributed by atoms with E-state index < -0.39 is 5.97 Å². The Hall–Kier alpha value is -1.62. The molecule has 17 heavy (non-hydrogen) atoms. The molecule has 0 aliphatic carbocycles. The number of carbonyl (C=O) groups is 1. The molecule has 0 aromatic carbocycles. The minimum atomic E-state index is -1.08. The standard InChI is InChI=1S/C11H12ClN3O2/c1-11(2,3)7-5-6(10(16)17)8(12)15-9(5)14-4-13-7/h4H,1-3H3,(H,16,17)(H,13,14,15). The minimum absolute atomic E-state index is 0.0344. The van der Waals surface area contributed by atoms with Crippen molar-refractivity contribution in [1.82, 2.24) is 15.0 Å². The van der Waals surface area contributed by atoms with E-state index in [1.165, 1.54) is 6.33 Å².